The summed E-state index contributed by atoms with van der Waals surface area (Å²) in [7, 11) is 1.52. The number of nitrogens with zero attached hydrogens (tertiary/aromatic N) is 1. The highest BCUT2D eigenvalue weighted by molar-refractivity contribution is 5.77. The van der Waals surface area contributed by atoms with E-state index < -0.39 is 4.92 Å². The largest absolute Gasteiger partial charge is 0.483 e. The predicted molar refractivity (Wildman–Crippen MR) is 79.3 cm³/mol. The topological polar surface area (TPSA) is 93.5 Å². The molecule has 116 valence electrons. The van der Waals surface area contributed by atoms with Crippen LogP contribution in [0.3, 0.4) is 0 Å². The molecule has 1 aromatic rings. The maximum atomic E-state index is 11.2. The highest BCUT2D eigenvalue weighted by Crippen LogP contribution is 2.24. The van der Waals surface area contributed by atoms with Crippen LogP contribution in [0.25, 0.3) is 0 Å². The van der Waals surface area contributed by atoms with Gasteiger partial charge in [-0.25, -0.2) is 0 Å². The van der Waals surface area contributed by atoms with E-state index in [-0.39, 0.29) is 23.7 Å². The molecule has 0 bridgehead atoms. The Balaban J connectivity index is 2.94. The monoisotopic (exact) mass is 295 g/mol. The lowest BCUT2D eigenvalue weighted by molar-refractivity contribution is -0.384. The molecular weight excluding hydrogens is 274 g/mol. The number of hydrogen-bond donors (Lipinski definition) is 2. The fraction of sp³-hybridized carbons (Fsp3) is 0.500. The van der Waals surface area contributed by atoms with Crippen molar-refractivity contribution < 1.29 is 14.5 Å². The maximum Gasteiger partial charge on any atom is 0.270 e. The molecule has 7 heteroatoms. The first-order valence-electron chi connectivity index (χ1n) is 6.58. The highest BCUT2D eigenvalue weighted by atomic mass is 16.6. The quantitative estimate of drug-likeness (QED) is 0.614. The number of non-ortho nitro benzene ring substituents is 1. The van der Waals surface area contributed by atoms with Gasteiger partial charge in [-0.3, -0.25) is 14.9 Å². The third-order valence-electron chi connectivity index (χ3n) is 2.70. The number of amides is 1. The van der Waals surface area contributed by atoms with Gasteiger partial charge in [-0.15, -0.1) is 0 Å². The van der Waals surface area contributed by atoms with E-state index in [1.54, 1.807) is 0 Å². The van der Waals surface area contributed by atoms with Crippen LogP contribution in [0.15, 0.2) is 18.2 Å². The summed E-state index contributed by atoms with van der Waals surface area (Å²) in [5, 5.41) is 16.6. The maximum absolute atomic E-state index is 11.2. The molecule has 0 spiro atoms. The first-order chi connectivity index (χ1) is 9.73. The molecule has 0 radical (unpaired) electrons. The van der Waals surface area contributed by atoms with E-state index in [4.69, 9.17) is 4.74 Å². The van der Waals surface area contributed by atoms with Gasteiger partial charge in [0.25, 0.3) is 11.6 Å². The highest BCUT2D eigenvalue weighted by Gasteiger charge is 2.15. The van der Waals surface area contributed by atoms with Gasteiger partial charge in [-0.2, -0.15) is 0 Å². The minimum atomic E-state index is -0.455. The lowest BCUT2D eigenvalue weighted by Gasteiger charge is -2.21. The Bertz CT molecular complexity index is 523. The van der Waals surface area contributed by atoms with E-state index in [0.717, 1.165) is 0 Å². The van der Waals surface area contributed by atoms with Gasteiger partial charge in [0.15, 0.2) is 6.61 Å². The Morgan fingerprint density at radius 3 is 2.57 bits per heavy atom. The Hall–Kier alpha value is -2.15. The second kappa shape index (κ2) is 7.03. The van der Waals surface area contributed by atoms with E-state index >= 15 is 0 Å². The molecule has 0 aliphatic heterocycles. The molecule has 0 fully saturated rings. The molecule has 0 aliphatic carbocycles. The molecule has 0 aromatic heterocycles. The SMILES string of the molecule is CNC(=O)COc1ccc([N+](=O)[O-])cc1CNC(C)(C)C. The van der Waals surface area contributed by atoms with Crippen LogP contribution >= 0.6 is 0 Å². The van der Waals surface area contributed by atoms with Crippen LogP contribution in [0.5, 0.6) is 5.75 Å². The van der Waals surface area contributed by atoms with E-state index in [0.29, 0.717) is 17.9 Å². The number of hydrogen-bond acceptors (Lipinski definition) is 5. The van der Waals surface area contributed by atoms with Crippen LogP contribution in [0.4, 0.5) is 5.69 Å². The summed E-state index contributed by atoms with van der Waals surface area (Å²) >= 11 is 0. The van der Waals surface area contributed by atoms with Crippen LogP contribution in [-0.2, 0) is 11.3 Å². The Morgan fingerprint density at radius 2 is 2.05 bits per heavy atom. The van der Waals surface area contributed by atoms with Gasteiger partial charge in [0.1, 0.15) is 5.75 Å². The number of nitro groups is 1. The van der Waals surface area contributed by atoms with Gasteiger partial charge >= 0.3 is 0 Å². The summed E-state index contributed by atoms with van der Waals surface area (Å²) in [6.45, 7) is 6.27. The smallest absolute Gasteiger partial charge is 0.270 e. The summed E-state index contributed by atoms with van der Waals surface area (Å²) in [5.41, 5.74) is 0.499. The molecule has 7 nitrogen and oxygen atoms in total. The number of likely N-dealkylation sites (N-methyl/N-ethyl adjacent to an activating group) is 1. The van der Waals surface area contributed by atoms with Gasteiger partial charge < -0.3 is 15.4 Å². The Kier molecular flexibility index (Phi) is 5.66. The zero-order valence-corrected chi connectivity index (χ0v) is 12.7. The van der Waals surface area contributed by atoms with E-state index in [9.17, 15) is 14.9 Å². The number of nitrogens with one attached hydrogen (secondary N) is 2. The van der Waals surface area contributed by atoms with Crippen LogP contribution in [0, 0.1) is 10.1 Å². The number of carbonyl (C=O) groups excluding carboxylic acids is 1. The van der Waals surface area contributed by atoms with Crippen molar-refractivity contribution in [3.63, 3.8) is 0 Å². The Labute approximate surface area is 123 Å². The molecule has 0 heterocycles. The molecule has 0 saturated carbocycles. The zero-order chi connectivity index (χ0) is 16.0. The van der Waals surface area contributed by atoms with Crippen molar-refractivity contribution in [1.29, 1.82) is 0 Å². The molecular formula is C14H21N3O4. The third kappa shape index (κ3) is 5.78. The van der Waals surface area contributed by atoms with Gasteiger partial charge in [-0.05, 0) is 26.8 Å². The summed E-state index contributed by atoms with van der Waals surface area (Å²) in [6, 6.07) is 4.33. The zero-order valence-electron chi connectivity index (χ0n) is 12.7. The third-order valence-corrected chi connectivity index (χ3v) is 2.70. The molecule has 0 saturated heterocycles. The normalized spacial score (nSPS) is 11.0. The predicted octanol–water partition coefficient (Wildman–Crippen LogP) is 1.61. The fourth-order valence-corrected chi connectivity index (χ4v) is 1.53. The minimum Gasteiger partial charge on any atom is -0.483 e. The number of benzene rings is 1. The van der Waals surface area contributed by atoms with Crippen molar-refractivity contribution in [1.82, 2.24) is 10.6 Å². The lowest BCUT2D eigenvalue weighted by Crippen LogP contribution is -2.35. The molecule has 0 unspecified atom stereocenters. The van der Waals surface area contributed by atoms with Crippen LogP contribution in [-0.4, -0.2) is 30.0 Å². The van der Waals surface area contributed by atoms with Crippen molar-refractivity contribution in [2.75, 3.05) is 13.7 Å². The number of rotatable bonds is 6. The molecule has 0 atom stereocenters. The second-order valence-electron chi connectivity index (χ2n) is 5.61. The van der Waals surface area contributed by atoms with Crippen LogP contribution in [0.1, 0.15) is 26.3 Å². The standard InChI is InChI=1S/C14H21N3O4/c1-14(2,3)16-8-10-7-11(17(19)20)5-6-12(10)21-9-13(18)15-4/h5-7,16H,8-9H2,1-4H3,(H,15,18). The number of carbonyl (C=O) groups is 1. The fourth-order valence-electron chi connectivity index (χ4n) is 1.53. The summed E-state index contributed by atoms with van der Waals surface area (Å²) in [5.74, 6) is 0.198. The average molecular weight is 295 g/mol. The number of nitro benzene ring substituents is 1. The van der Waals surface area contributed by atoms with E-state index in [2.05, 4.69) is 10.6 Å². The Morgan fingerprint density at radius 1 is 1.38 bits per heavy atom. The van der Waals surface area contributed by atoms with Crippen molar-refractivity contribution in [2.24, 2.45) is 0 Å². The summed E-state index contributed by atoms with van der Waals surface area (Å²) in [4.78, 5) is 21.6. The van der Waals surface area contributed by atoms with Crippen molar-refractivity contribution >= 4 is 11.6 Å². The first kappa shape index (κ1) is 16.9. The van der Waals surface area contributed by atoms with Crippen LogP contribution < -0.4 is 15.4 Å². The van der Waals surface area contributed by atoms with Crippen molar-refractivity contribution in [2.45, 2.75) is 32.9 Å². The summed E-state index contributed by atoms with van der Waals surface area (Å²) in [6.07, 6.45) is 0. The molecule has 1 rings (SSSR count). The first-order valence-corrected chi connectivity index (χ1v) is 6.58. The molecule has 0 aliphatic rings. The average Bonchev–Trinajstić information content (AvgIpc) is 2.41. The lowest BCUT2D eigenvalue weighted by atomic mass is 10.1. The van der Waals surface area contributed by atoms with Gasteiger partial charge in [-0.1, -0.05) is 0 Å². The minimum absolute atomic E-state index is 0.00648. The molecule has 1 amide bonds. The van der Waals surface area contributed by atoms with E-state index in [1.807, 2.05) is 20.8 Å². The van der Waals surface area contributed by atoms with E-state index in [1.165, 1.54) is 25.2 Å². The van der Waals surface area contributed by atoms with Gasteiger partial charge in [0.2, 0.25) is 0 Å². The second-order valence-corrected chi connectivity index (χ2v) is 5.61. The van der Waals surface area contributed by atoms with Crippen molar-refractivity contribution in [3.05, 3.63) is 33.9 Å². The summed E-state index contributed by atoms with van der Waals surface area (Å²) < 4.78 is 5.42. The molecule has 2 N–H and O–H groups in total. The number of ether oxygens (including phenoxy) is 1. The molecule has 21 heavy (non-hydrogen) atoms. The van der Waals surface area contributed by atoms with Crippen molar-refractivity contribution in [3.8, 4) is 5.75 Å². The van der Waals surface area contributed by atoms with Gasteiger partial charge in [0, 0.05) is 36.8 Å². The van der Waals surface area contributed by atoms with Crippen LogP contribution in [0.2, 0.25) is 0 Å². The molecule has 1 aromatic carbocycles. The van der Waals surface area contributed by atoms with Gasteiger partial charge in [0.05, 0.1) is 4.92 Å².